The summed E-state index contributed by atoms with van der Waals surface area (Å²) in [4.78, 5) is 8.75. The summed E-state index contributed by atoms with van der Waals surface area (Å²) in [6.45, 7) is 0. The Morgan fingerprint density at radius 2 is 2.00 bits per heavy atom. The average Bonchev–Trinajstić information content (AvgIpc) is 2.97. The molecule has 0 fully saturated rings. The number of hydrogen-bond donors (Lipinski definition) is 0. The quantitative estimate of drug-likeness (QED) is 0.734. The summed E-state index contributed by atoms with van der Waals surface area (Å²) in [5, 5.41) is 11.9. The number of nitrogens with zero attached hydrogens (tertiary/aromatic N) is 3. The molecular weight excluding hydrogens is 266 g/mol. The highest BCUT2D eigenvalue weighted by atomic mass is 32.1. The summed E-state index contributed by atoms with van der Waals surface area (Å²) >= 11 is 1.65. The molecule has 0 saturated carbocycles. The largest absolute Gasteiger partial charge is 0.264 e. The van der Waals surface area contributed by atoms with Gasteiger partial charge in [0.05, 0.1) is 22.3 Å². The molecule has 1 aromatic carbocycles. The molecule has 0 bridgehead atoms. The second kappa shape index (κ2) is 5.64. The fourth-order valence-electron chi connectivity index (χ4n) is 1.92. The van der Waals surface area contributed by atoms with Gasteiger partial charge < -0.3 is 0 Å². The lowest BCUT2D eigenvalue weighted by Crippen LogP contribution is -1.88. The van der Waals surface area contributed by atoms with Crippen molar-refractivity contribution >= 4 is 11.3 Å². The molecule has 20 heavy (non-hydrogen) atoms. The molecule has 2 aromatic heterocycles. The van der Waals surface area contributed by atoms with Crippen LogP contribution in [-0.2, 0) is 6.42 Å². The highest BCUT2D eigenvalue weighted by Crippen LogP contribution is 2.23. The smallest absolute Gasteiger partial charge is 0.0991 e. The third-order valence-electron chi connectivity index (χ3n) is 2.94. The van der Waals surface area contributed by atoms with E-state index in [1.54, 1.807) is 17.5 Å². The van der Waals surface area contributed by atoms with Crippen molar-refractivity contribution in [3.8, 4) is 17.3 Å². The molecule has 3 nitrogen and oxygen atoms in total. The van der Waals surface area contributed by atoms with Crippen LogP contribution >= 0.6 is 11.3 Å². The van der Waals surface area contributed by atoms with Crippen LogP contribution in [0.2, 0.25) is 0 Å². The van der Waals surface area contributed by atoms with E-state index >= 15 is 0 Å². The standard InChI is InChI=1S/C16H11N3S/c17-9-12-3-5-14(6-4-12)15-11-20-16(19-15)8-13-2-1-7-18-10-13/h1-7,10-11H,8H2. The van der Waals surface area contributed by atoms with Gasteiger partial charge in [0, 0.05) is 29.8 Å². The van der Waals surface area contributed by atoms with Gasteiger partial charge in [-0.15, -0.1) is 11.3 Å². The second-order valence-electron chi connectivity index (χ2n) is 4.35. The Kier molecular flexibility index (Phi) is 3.53. The van der Waals surface area contributed by atoms with E-state index in [4.69, 9.17) is 5.26 Å². The van der Waals surface area contributed by atoms with Gasteiger partial charge in [-0.25, -0.2) is 4.98 Å². The summed E-state index contributed by atoms with van der Waals surface area (Å²) in [5.74, 6) is 0. The molecule has 3 aromatic rings. The minimum absolute atomic E-state index is 0.666. The zero-order chi connectivity index (χ0) is 13.8. The second-order valence-corrected chi connectivity index (χ2v) is 5.30. The zero-order valence-corrected chi connectivity index (χ0v) is 11.5. The third kappa shape index (κ3) is 2.73. The monoisotopic (exact) mass is 277 g/mol. The molecule has 0 amide bonds. The molecule has 0 aliphatic heterocycles. The number of hydrogen-bond acceptors (Lipinski definition) is 4. The molecule has 0 N–H and O–H groups in total. The van der Waals surface area contributed by atoms with Crippen molar-refractivity contribution in [3.63, 3.8) is 0 Å². The summed E-state index contributed by atoms with van der Waals surface area (Å²) < 4.78 is 0. The van der Waals surface area contributed by atoms with E-state index in [2.05, 4.69) is 22.1 Å². The minimum Gasteiger partial charge on any atom is -0.264 e. The molecule has 0 atom stereocenters. The minimum atomic E-state index is 0.666. The van der Waals surface area contributed by atoms with Crippen molar-refractivity contribution in [2.24, 2.45) is 0 Å². The molecule has 0 saturated heterocycles. The number of pyridine rings is 1. The van der Waals surface area contributed by atoms with Gasteiger partial charge in [-0.05, 0) is 23.8 Å². The first-order valence-corrected chi connectivity index (χ1v) is 7.07. The van der Waals surface area contributed by atoms with E-state index < -0.39 is 0 Å². The Balaban J connectivity index is 1.81. The number of thiazole rings is 1. The summed E-state index contributed by atoms with van der Waals surface area (Å²) in [6.07, 6.45) is 4.44. The number of rotatable bonds is 3. The van der Waals surface area contributed by atoms with E-state index in [9.17, 15) is 0 Å². The van der Waals surface area contributed by atoms with Gasteiger partial charge in [0.25, 0.3) is 0 Å². The first kappa shape index (κ1) is 12.5. The van der Waals surface area contributed by atoms with Gasteiger partial charge in [-0.3, -0.25) is 4.98 Å². The Morgan fingerprint density at radius 3 is 2.70 bits per heavy atom. The highest BCUT2D eigenvalue weighted by Gasteiger charge is 2.05. The number of nitriles is 1. The zero-order valence-electron chi connectivity index (χ0n) is 10.7. The molecule has 2 heterocycles. The molecule has 0 aliphatic rings. The predicted octanol–water partition coefficient (Wildman–Crippen LogP) is 3.67. The van der Waals surface area contributed by atoms with Gasteiger partial charge in [0.2, 0.25) is 0 Å². The SMILES string of the molecule is N#Cc1ccc(-c2csc(Cc3cccnc3)n2)cc1. The normalized spacial score (nSPS) is 10.2. The van der Waals surface area contributed by atoms with Crippen LogP contribution in [0.5, 0.6) is 0 Å². The first-order chi connectivity index (χ1) is 9.85. The van der Waals surface area contributed by atoms with Crippen molar-refractivity contribution in [3.05, 3.63) is 70.3 Å². The van der Waals surface area contributed by atoms with E-state index in [1.165, 1.54) is 0 Å². The fourth-order valence-corrected chi connectivity index (χ4v) is 2.76. The topological polar surface area (TPSA) is 49.6 Å². The van der Waals surface area contributed by atoms with Crippen LogP contribution in [0.15, 0.2) is 54.2 Å². The van der Waals surface area contributed by atoms with Crippen LogP contribution in [0.3, 0.4) is 0 Å². The molecule has 0 aliphatic carbocycles. The highest BCUT2D eigenvalue weighted by molar-refractivity contribution is 7.10. The Hall–Kier alpha value is -2.51. The molecule has 96 valence electrons. The van der Waals surface area contributed by atoms with Crippen molar-refractivity contribution in [1.29, 1.82) is 5.26 Å². The van der Waals surface area contributed by atoms with Gasteiger partial charge in [-0.2, -0.15) is 5.26 Å². The van der Waals surface area contributed by atoms with Crippen LogP contribution in [-0.4, -0.2) is 9.97 Å². The van der Waals surface area contributed by atoms with Crippen molar-refractivity contribution in [1.82, 2.24) is 9.97 Å². The average molecular weight is 277 g/mol. The number of aromatic nitrogens is 2. The molecule has 0 unspecified atom stereocenters. The van der Waals surface area contributed by atoms with Crippen LogP contribution in [0, 0.1) is 11.3 Å². The van der Waals surface area contributed by atoms with E-state index in [0.717, 1.165) is 28.2 Å². The molecule has 0 spiro atoms. The maximum absolute atomic E-state index is 8.80. The maximum Gasteiger partial charge on any atom is 0.0991 e. The lowest BCUT2D eigenvalue weighted by Gasteiger charge is -1.97. The van der Waals surface area contributed by atoms with Crippen LogP contribution in [0.25, 0.3) is 11.3 Å². The predicted molar refractivity (Wildman–Crippen MR) is 79.3 cm³/mol. The van der Waals surface area contributed by atoms with Crippen molar-refractivity contribution in [2.45, 2.75) is 6.42 Å². The number of benzene rings is 1. The van der Waals surface area contributed by atoms with Crippen LogP contribution in [0.1, 0.15) is 16.1 Å². The Bertz CT molecular complexity index is 739. The van der Waals surface area contributed by atoms with Gasteiger partial charge in [0.15, 0.2) is 0 Å². The summed E-state index contributed by atoms with van der Waals surface area (Å²) in [5.41, 5.74) is 3.82. The van der Waals surface area contributed by atoms with Gasteiger partial charge >= 0.3 is 0 Å². The Labute approximate surface area is 121 Å². The van der Waals surface area contributed by atoms with Crippen molar-refractivity contribution < 1.29 is 0 Å². The molecule has 4 heteroatoms. The molecule has 0 radical (unpaired) electrons. The molecular formula is C16H11N3S. The lowest BCUT2D eigenvalue weighted by atomic mass is 10.1. The summed E-state index contributed by atoms with van der Waals surface area (Å²) in [6, 6.07) is 13.6. The third-order valence-corrected chi connectivity index (χ3v) is 3.79. The first-order valence-electron chi connectivity index (χ1n) is 6.19. The molecule has 3 rings (SSSR count). The Morgan fingerprint density at radius 1 is 1.15 bits per heavy atom. The van der Waals surface area contributed by atoms with E-state index in [1.807, 2.05) is 41.9 Å². The van der Waals surface area contributed by atoms with Gasteiger partial charge in [0.1, 0.15) is 0 Å². The summed E-state index contributed by atoms with van der Waals surface area (Å²) in [7, 11) is 0. The maximum atomic E-state index is 8.80. The fraction of sp³-hybridized carbons (Fsp3) is 0.0625. The lowest BCUT2D eigenvalue weighted by molar-refractivity contribution is 1.11. The van der Waals surface area contributed by atoms with Crippen LogP contribution < -0.4 is 0 Å². The van der Waals surface area contributed by atoms with Gasteiger partial charge in [-0.1, -0.05) is 18.2 Å². The van der Waals surface area contributed by atoms with Crippen LogP contribution in [0.4, 0.5) is 0 Å². The van der Waals surface area contributed by atoms with E-state index in [-0.39, 0.29) is 0 Å². The van der Waals surface area contributed by atoms with E-state index in [0.29, 0.717) is 5.56 Å². The van der Waals surface area contributed by atoms with Crippen molar-refractivity contribution in [2.75, 3.05) is 0 Å².